The van der Waals surface area contributed by atoms with Crippen molar-refractivity contribution in [3.63, 3.8) is 0 Å². The molecule has 1 rings (SSSR count). The molecule has 0 aromatic heterocycles. The minimum absolute atomic E-state index is 0.0347. The van der Waals surface area contributed by atoms with Crippen molar-refractivity contribution in [3.05, 3.63) is 60.7 Å². The van der Waals surface area contributed by atoms with Crippen LogP contribution < -0.4 is 5.32 Å². The normalized spacial score (nSPS) is 11.2. The molecular formula is C16H19NO4. The largest absolute Gasteiger partial charge is 0.480 e. The van der Waals surface area contributed by atoms with Gasteiger partial charge in [0.25, 0.3) is 0 Å². The summed E-state index contributed by atoms with van der Waals surface area (Å²) >= 11 is 0. The number of carbonyl (C=O) groups is 2. The van der Waals surface area contributed by atoms with Crippen LogP contribution in [0.2, 0.25) is 0 Å². The van der Waals surface area contributed by atoms with Crippen LogP contribution in [-0.4, -0.2) is 29.8 Å². The molecular weight excluding hydrogens is 270 g/mol. The Morgan fingerprint density at radius 2 is 2.00 bits per heavy atom. The molecule has 0 fully saturated rings. The fourth-order valence-electron chi connectivity index (χ4n) is 1.80. The molecule has 0 aliphatic heterocycles. The average molecular weight is 289 g/mol. The molecule has 0 aliphatic rings. The number of hydrogen-bond donors (Lipinski definition) is 2. The number of hydrogen-bond acceptors (Lipinski definition) is 3. The quantitative estimate of drug-likeness (QED) is 0.720. The van der Waals surface area contributed by atoms with Crippen molar-refractivity contribution < 1.29 is 19.4 Å². The van der Waals surface area contributed by atoms with Crippen molar-refractivity contribution in [1.29, 1.82) is 0 Å². The summed E-state index contributed by atoms with van der Waals surface area (Å²) in [6.07, 6.45) is 3.31. The molecule has 0 radical (unpaired) electrons. The van der Waals surface area contributed by atoms with Gasteiger partial charge < -0.3 is 15.2 Å². The van der Waals surface area contributed by atoms with Crippen LogP contribution in [0.1, 0.15) is 11.1 Å². The maximum absolute atomic E-state index is 11.4. The molecule has 1 aromatic carbocycles. The van der Waals surface area contributed by atoms with Crippen molar-refractivity contribution in [2.45, 2.75) is 18.9 Å². The van der Waals surface area contributed by atoms with Gasteiger partial charge in [0.15, 0.2) is 0 Å². The van der Waals surface area contributed by atoms with Crippen LogP contribution in [-0.2, 0) is 22.4 Å². The van der Waals surface area contributed by atoms with Gasteiger partial charge in [-0.1, -0.05) is 43.0 Å². The second-order valence-corrected chi connectivity index (χ2v) is 4.44. The van der Waals surface area contributed by atoms with Crippen molar-refractivity contribution in [3.8, 4) is 0 Å². The van der Waals surface area contributed by atoms with Gasteiger partial charge in [-0.2, -0.15) is 0 Å². The van der Waals surface area contributed by atoms with E-state index in [4.69, 9.17) is 4.74 Å². The number of alkyl carbamates (subject to hydrolysis) is 1. The Labute approximate surface area is 123 Å². The zero-order valence-corrected chi connectivity index (χ0v) is 11.7. The van der Waals surface area contributed by atoms with Gasteiger partial charge in [0, 0.05) is 6.42 Å². The highest BCUT2D eigenvalue weighted by atomic mass is 16.5. The molecule has 0 heterocycles. The molecule has 1 atom stereocenters. The SMILES string of the molecule is C=CCOC(=O)N[C@@H](Cc1cccc(CC=C)c1)C(=O)O. The minimum atomic E-state index is -1.11. The number of ether oxygens (including phenoxy) is 1. The van der Waals surface area contributed by atoms with Crippen molar-refractivity contribution in [1.82, 2.24) is 5.32 Å². The van der Waals surface area contributed by atoms with Crippen LogP contribution in [0.25, 0.3) is 0 Å². The number of carbonyl (C=O) groups excluding carboxylic acids is 1. The molecule has 0 spiro atoms. The van der Waals surface area contributed by atoms with Gasteiger partial charge in [0.2, 0.25) is 0 Å². The minimum Gasteiger partial charge on any atom is -0.480 e. The van der Waals surface area contributed by atoms with Crippen LogP contribution in [0.15, 0.2) is 49.6 Å². The van der Waals surface area contributed by atoms with E-state index in [1.54, 1.807) is 6.08 Å². The van der Waals surface area contributed by atoms with Gasteiger partial charge in [-0.05, 0) is 17.5 Å². The lowest BCUT2D eigenvalue weighted by atomic mass is 10.0. The molecule has 1 aromatic rings. The summed E-state index contributed by atoms with van der Waals surface area (Å²) in [7, 11) is 0. The highest BCUT2D eigenvalue weighted by molar-refractivity contribution is 5.80. The lowest BCUT2D eigenvalue weighted by Crippen LogP contribution is -2.42. The highest BCUT2D eigenvalue weighted by Crippen LogP contribution is 2.09. The first-order valence-electron chi connectivity index (χ1n) is 6.52. The Morgan fingerprint density at radius 3 is 2.62 bits per heavy atom. The zero-order chi connectivity index (χ0) is 15.7. The number of nitrogens with one attached hydrogen (secondary N) is 1. The summed E-state index contributed by atoms with van der Waals surface area (Å²) in [5.41, 5.74) is 1.87. The number of allylic oxidation sites excluding steroid dienone is 1. The van der Waals surface area contributed by atoms with E-state index in [0.29, 0.717) is 6.42 Å². The Bertz CT molecular complexity index is 525. The molecule has 5 heteroatoms. The first kappa shape index (κ1) is 16.5. The van der Waals surface area contributed by atoms with Gasteiger partial charge in [-0.3, -0.25) is 0 Å². The van der Waals surface area contributed by atoms with E-state index in [0.717, 1.165) is 11.1 Å². The third kappa shape index (κ3) is 5.95. The number of aliphatic carboxylic acids is 1. The molecule has 1 amide bonds. The maximum atomic E-state index is 11.4. The third-order valence-electron chi connectivity index (χ3n) is 2.73. The van der Waals surface area contributed by atoms with Crippen molar-refractivity contribution in [2.75, 3.05) is 6.61 Å². The van der Waals surface area contributed by atoms with Gasteiger partial charge in [-0.25, -0.2) is 9.59 Å². The van der Waals surface area contributed by atoms with Crippen molar-refractivity contribution >= 4 is 12.1 Å². The van der Waals surface area contributed by atoms with Crippen molar-refractivity contribution in [2.24, 2.45) is 0 Å². The first-order chi connectivity index (χ1) is 10.1. The number of benzene rings is 1. The fraction of sp³-hybridized carbons (Fsp3) is 0.250. The molecule has 21 heavy (non-hydrogen) atoms. The standard InChI is InChI=1S/C16H19NO4/c1-3-6-12-7-5-8-13(10-12)11-14(15(18)19)17-16(20)21-9-4-2/h3-5,7-8,10,14H,1-2,6,9,11H2,(H,17,20)(H,18,19)/t14-/m0/s1. The van der Waals surface area contributed by atoms with E-state index in [1.807, 2.05) is 24.3 Å². The monoisotopic (exact) mass is 289 g/mol. The summed E-state index contributed by atoms with van der Waals surface area (Å²) in [4.78, 5) is 22.6. The van der Waals surface area contributed by atoms with E-state index in [1.165, 1.54) is 6.08 Å². The predicted octanol–water partition coefficient (Wildman–Crippen LogP) is 2.32. The third-order valence-corrected chi connectivity index (χ3v) is 2.73. The van der Waals surface area contributed by atoms with Crippen LogP contribution in [0, 0.1) is 0 Å². The number of rotatable bonds is 8. The molecule has 0 unspecified atom stereocenters. The topological polar surface area (TPSA) is 75.6 Å². The lowest BCUT2D eigenvalue weighted by molar-refractivity contribution is -0.139. The van der Waals surface area contributed by atoms with E-state index in [-0.39, 0.29) is 13.0 Å². The summed E-state index contributed by atoms with van der Waals surface area (Å²) in [5, 5.41) is 11.5. The zero-order valence-electron chi connectivity index (χ0n) is 11.7. The van der Waals surface area contributed by atoms with Gasteiger partial charge in [0.1, 0.15) is 12.6 Å². The molecule has 0 bridgehead atoms. The average Bonchev–Trinajstić information content (AvgIpc) is 2.45. The Morgan fingerprint density at radius 1 is 1.29 bits per heavy atom. The van der Waals surface area contributed by atoms with E-state index in [2.05, 4.69) is 18.5 Å². The van der Waals surface area contributed by atoms with Crippen LogP contribution in [0.3, 0.4) is 0 Å². The molecule has 2 N–H and O–H groups in total. The van der Waals surface area contributed by atoms with E-state index in [9.17, 15) is 14.7 Å². The molecule has 5 nitrogen and oxygen atoms in total. The summed E-state index contributed by atoms with van der Waals surface area (Å²) in [6.45, 7) is 7.11. The van der Waals surface area contributed by atoms with E-state index >= 15 is 0 Å². The molecule has 0 saturated carbocycles. The summed E-state index contributed by atoms with van der Waals surface area (Å²) < 4.78 is 4.73. The predicted molar refractivity (Wildman–Crippen MR) is 80.2 cm³/mol. The second kappa shape index (κ2) is 8.58. The molecule has 0 saturated heterocycles. The van der Waals surface area contributed by atoms with Gasteiger partial charge in [0.05, 0.1) is 0 Å². The maximum Gasteiger partial charge on any atom is 0.408 e. The molecule has 112 valence electrons. The van der Waals surface area contributed by atoms with Crippen LogP contribution >= 0.6 is 0 Å². The highest BCUT2D eigenvalue weighted by Gasteiger charge is 2.21. The Hall–Kier alpha value is -2.56. The molecule has 0 aliphatic carbocycles. The lowest BCUT2D eigenvalue weighted by Gasteiger charge is -2.14. The number of amides is 1. The first-order valence-corrected chi connectivity index (χ1v) is 6.52. The van der Waals surface area contributed by atoms with Crippen LogP contribution in [0.4, 0.5) is 4.79 Å². The smallest absolute Gasteiger partial charge is 0.408 e. The van der Waals surface area contributed by atoms with Crippen LogP contribution in [0.5, 0.6) is 0 Å². The van der Waals surface area contributed by atoms with Gasteiger partial charge in [-0.15, -0.1) is 6.58 Å². The fourth-order valence-corrected chi connectivity index (χ4v) is 1.80. The Balaban J connectivity index is 2.71. The number of carboxylic acids is 1. The Kier molecular flexibility index (Phi) is 6.74. The van der Waals surface area contributed by atoms with Gasteiger partial charge >= 0.3 is 12.1 Å². The summed E-state index contributed by atoms with van der Waals surface area (Å²) in [6, 6.07) is 6.46. The number of carboxylic acid groups (broad SMARTS) is 1. The van der Waals surface area contributed by atoms with E-state index < -0.39 is 18.1 Å². The second-order valence-electron chi connectivity index (χ2n) is 4.44. The summed E-state index contributed by atoms with van der Waals surface area (Å²) in [5.74, 6) is -1.11.